The Hall–Kier alpha value is -5.55. The van der Waals surface area contributed by atoms with Crippen molar-refractivity contribution in [3.05, 3.63) is 134 Å². The van der Waals surface area contributed by atoms with Crippen LogP contribution in [0.5, 0.6) is 0 Å². The molecular formula is C28H20ClN7O4. The lowest BCUT2D eigenvalue weighted by atomic mass is 10.1. The number of non-ortho nitro benzene ring substituents is 2. The monoisotopic (exact) mass is 553 g/mol. The maximum absolute atomic E-state index is 10.9. The number of para-hydroxylation sites is 2. The standard InChI is InChI=1S/C28H20ClN7O4/c29-28-26(18-31-33-21-11-15-24(16-12-21)36(39)40)25-8-4-5-19(27(25)34(28)22-6-2-1-3-7-22)17-30-32-20-9-13-23(14-10-20)35(37)38/h1-18,32-33H/b30-17-,31-18+. The average molecular weight is 554 g/mol. The van der Waals surface area contributed by atoms with Crippen molar-refractivity contribution in [2.75, 3.05) is 10.9 Å². The quantitative estimate of drug-likeness (QED) is 0.114. The maximum Gasteiger partial charge on any atom is 0.269 e. The Morgan fingerprint density at radius 2 is 1.25 bits per heavy atom. The van der Waals surface area contributed by atoms with E-state index in [-0.39, 0.29) is 11.4 Å². The molecule has 2 N–H and O–H groups in total. The molecule has 11 nitrogen and oxygen atoms in total. The van der Waals surface area contributed by atoms with Crippen molar-refractivity contribution in [2.24, 2.45) is 10.2 Å². The summed E-state index contributed by atoms with van der Waals surface area (Å²) in [6.07, 6.45) is 3.25. The molecule has 0 fully saturated rings. The summed E-state index contributed by atoms with van der Waals surface area (Å²) in [5.74, 6) is 0. The minimum atomic E-state index is -0.465. The van der Waals surface area contributed by atoms with E-state index in [1.54, 1.807) is 36.7 Å². The number of nitrogens with zero attached hydrogens (tertiary/aromatic N) is 5. The molecule has 198 valence electrons. The molecule has 0 aliphatic carbocycles. The number of hydrogen-bond acceptors (Lipinski definition) is 8. The average Bonchev–Trinajstić information content (AvgIpc) is 3.25. The summed E-state index contributed by atoms with van der Waals surface area (Å²) in [5, 5.41) is 31.7. The second-order valence-corrected chi connectivity index (χ2v) is 8.82. The zero-order valence-corrected chi connectivity index (χ0v) is 21.4. The number of nitro benzene ring substituents is 2. The lowest BCUT2D eigenvalue weighted by Crippen LogP contribution is -1.98. The molecule has 0 unspecified atom stereocenters. The number of rotatable bonds is 9. The lowest BCUT2D eigenvalue weighted by molar-refractivity contribution is -0.385. The van der Waals surface area contributed by atoms with Crippen molar-refractivity contribution in [3.63, 3.8) is 0 Å². The largest absolute Gasteiger partial charge is 0.299 e. The first-order valence-corrected chi connectivity index (χ1v) is 12.3. The molecule has 5 aromatic rings. The molecule has 0 amide bonds. The van der Waals surface area contributed by atoms with Crippen LogP contribution in [0.4, 0.5) is 22.7 Å². The van der Waals surface area contributed by atoms with E-state index in [2.05, 4.69) is 21.1 Å². The summed E-state index contributed by atoms with van der Waals surface area (Å²) >= 11 is 6.92. The van der Waals surface area contributed by atoms with E-state index in [0.717, 1.165) is 22.2 Å². The van der Waals surface area contributed by atoms with Crippen molar-refractivity contribution in [3.8, 4) is 5.69 Å². The number of benzene rings is 4. The van der Waals surface area contributed by atoms with Crippen LogP contribution < -0.4 is 10.9 Å². The highest BCUT2D eigenvalue weighted by Crippen LogP contribution is 2.34. The van der Waals surface area contributed by atoms with Crippen molar-refractivity contribution >= 4 is 57.7 Å². The lowest BCUT2D eigenvalue weighted by Gasteiger charge is -2.09. The Morgan fingerprint density at radius 3 is 1.80 bits per heavy atom. The van der Waals surface area contributed by atoms with Crippen LogP contribution in [0.1, 0.15) is 11.1 Å². The summed E-state index contributed by atoms with van der Waals surface area (Å²) in [5.41, 5.74) is 9.98. The molecule has 1 heterocycles. The summed E-state index contributed by atoms with van der Waals surface area (Å²) < 4.78 is 1.90. The van der Waals surface area contributed by atoms with Crippen LogP contribution >= 0.6 is 11.6 Å². The molecule has 1 aromatic heterocycles. The summed E-state index contributed by atoms with van der Waals surface area (Å²) in [6, 6.07) is 27.2. The molecule has 0 atom stereocenters. The number of anilines is 2. The van der Waals surface area contributed by atoms with E-state index in [0.29, 0.717) is 22.1 Å². The normalized spacial score (nSPS) is 11.3. The zero-order valence-electron chi connectivity index (χ0n) is 20.6. The highest BCUT2D eigenvalue weighted by molar-refractivity contribution is 6.35. The van der Waals surface area contributed by atoms with Gasteiger partial charge < -0.3 is 0 Å². The van der Waals surface area contributed by atoms with Gasteiger partial charge in [0, 0.05) is 46.5 Å². The molecule has 0 aliphatic rings. The summed E-state index contributed by atoms with van der Waals surface area (Å²) in [6.45, 7) is 0. The van der Waals surface area contributed by atoms with Gasteiger partial charge in [0.2, 0.25) is 0 Å². The van der Waals surface area contributed by atoms with Crippen LogP contribution in [0, 0.1) is 20.2 Å². The fraction of sp³-hybridized carbons (Fsp3) is 0. The van der Waals surface area contributed by atoms with E-state index in [1.807, 2.05) is 53.1 Å². The number of halogens is 1. The molecule has 5 rings (SSSR count). The molecule has 0 spiro atoms. The van der Waals surface area contributed by atoms with E-state index in [4.69, 9.17) is 11.6 Å². The number of nitrogens with one attached hydrogen (secondary N) is 2. The number of hydrogen-bond donors (Lipinski definition) is 2. The SMILES string of the molecule is O=[N+]([O-])c1ccc(N/N=C\c2cccc3c(/C=N/Nc4ccc([N+](=O)[O-])cc4)c(Cl)n(-c4ccccc4)c23)cc1. The van der Waals surface area contributed by atoms with Crippen molar-refractivity contribution in [2.45, 2.75) is 0 Å². The van der Waals surface area contributed by atoms with Crippen LogP contribution in [0.25, 0.3) is 16.6 Å². The highest BCUT2D eigenvalue weighted by atomic mass is 35.5. The Balaban J connectivity index is 1.49. The van der Waals surface area contributed by atoms with E-state index >= 15 is 0 Å². The first-order valence-electron chi connectivity index (χ1n) is 11.9. The van der Waals surface area contributed by atoms with Gasteiger partial charge in [-0.1, -0.05) is 48.0 Å². The molecule has 40 heavy (non-hydrogen) atoms. The van der Waals surface area contributed by atoms with Gasteiger partial charge in [0.15, 0.2) is 0 Å². The first-order chi connectivity index (χ1) is 19.4. The number of nitro groups is 2. The van der Waals surface area contributed by atoms with Gasteiger partial charge in [0.1, 0.15) is 5.15 Å². The minimum absolute atomic E-state index is 0.00751. The summed E-state index contributed by atoms with van der Waals surface area (Å²) in [4.78, 5) is 20.9. The highest BCUT2D eigenvalue weighted by Gasteiger charge is 2.18. The van der Waals surface area contributed by atoms with Crippen molar-refractivity contribution in [1.82, 2.24) is 4.57 Å². The van der Waals surface area contributed by atoms with Gasteiger partial charge in [0.25, 0.3) is 11.4 Å². The smallest absolute Gasteiger partial charge is 0.269 e. The first kappa shape index (κ1) is 26.1. The molecule has 0 radical (unpaired) electrons. The predicted molar refractivity (Wildman–Crippen MR) is 157 cm³/mol. The van der Waals surface area contributed by atoms with Gasteiger partial charge in [-0.15, -0.1) is 0 Å². The molecule has 4 aromatic carbocycles. The van der Waals surface area contributed by atoms with Gasteiger partial charge in [-0.05, 0) is 36.4 Å². The second-order valence-electron chi connectivity index (χ2n) is 8.47. The third kappa shape index (κ3) is 5.49. The van der Waals surface area contributed by atoms with E-state index < -0.39 is 9.85 Å². The van der Waals surface area contributed by atoms with Gasteiger partial charge in [-0.25, -0.2) is 0 Å². The van der Waals surface area contributed by atoms with E-state index in [1.165, 1.54) is 24.3 Å². The summed E-state index contributed by atoms with van der Waals surface area (Å²) in [7, 11) is 0. The van der Waals surface area contributed by atoms with Gasteiger partial charge >= 0.3 is 0 Å². The molecular weight excluding hydrogens is 534 g/mol. The Labute approximate surface area is 232 Å². The van der Waals surface area contributed by atoms with E-state index in [9.17, 15) is 20.2 Å². The topological polar surface area (TPSA) is 140 Å². The zero-order chi connectivity index (χ0) is 28.1. The van der Waals surface area contributed by atoms with Crippen LogP contribution in [-0.4, -0.2) is 26.8 Å². The Kier molecular flexibility index (Phi) is 7.47. The maximum atomic E-state index is 10.9. The Bertz CT molecular complexity index is 1750. The molecule has 0 saturated heterocycles. The number of fused-ring (bicyclic) bond motifs is 1. The van der Waals surface area contributed by atoms with Gasteiger partial charge in [0.05, 0.1) is 39.2 Å². The number of aromatic nitrogens is 1. The fourth-order valence-electron chi connectivity index (χ4n) is 4.07. The molecule has 0 bridgehead atoms. The fourth-order valence-corrected chi connectivity index (χ4v) is 4.40. The predicted octanol–water partition coefficient (Wildman–Crippen LogP) is 6.99. The van der Waals surface area contributed by atoms with Crippen LogP contribution in [-0.2, 0) is 0 Å². The van der Waals surface area contributed by atoms with Crippen molar-refractivity contribution in [1.29, 1.82) is 0 Å². The van der Waals surface area contributed by atoms with Crippen molar-refractivity contribution < 1.29 is 9.85 Å². The van der Waals surface area contributed by atoms with Crippen LogP contribution in [0.15, 0.2) is 107 Å². The number of hydrazone groups is 2. The third-order valence-electron chi connectivity index (χ3n) is 5.95. The third-order valence-corrected chi connectivity index (χ3v) is 6.33. The van der Waals surface area contributed by atoms with Gasteiger partial charge in [-0.3, -0.25) is 35.6 Å². The second kappa shape index (κ2) is 11.5. The molecule has 0 saturated carbocycles. The minimum Gasteiger partial charge on any atom is -0.299 e. The molecule has 0 aliphatic heterocycles. The van der Waals surface area contributed by atoms with Crippen LogP contribution in [0.3, 0.4) is 0 Å². The van der Waals surface area contributed by atoms with Crippen LogP contribution in [0.2, 0.25) is 5.15 Å². The Morgan fingerprint density at radius 1 is 0.700 bits per heavy atom. The molecule has 12 heteroatoms. The van der Waals surface area contributed by atoms with Gasteiger partial charge in [-0.2, -0.15) is 10.2 Å².